The number of morpholine rings is 1. The molecule has 0 N–H and O–H groups in total. The zero-order chi connectivity index (χ0) is 24.6. The van der Waals surface area contributed by atoms with Gasteiger partial charge in [0.25, 0.3) is 5.56 Å². The minimum absolute atomic E-state index is 0.167. The van der Waals surface area contributed by atoms with E-state index in [9.17, 15) is 9.59 Å². The Labute approximate surface area is 213 Å². The number of benzene rings is 1. The van der Waals surface area contributed by atoms with Crippen molar-refractivity contribution in [3.05, 3.63) is 58.0 Å². The molecule has 7 nitrogen and oxygen atoms in total. The molecular weight excluding hydrogens is 452 g/mol. The molecule has 2 bridgehead atoms. The van der Waals surface area contributed by atoms with Crippen molar-refractivity contribution in [3.8, 4) is 11.1 Å². The molecule has 4 aliphatic rings. The van der Waals surface area contributed by atoms with E-state index in [2.05, 4.69) is 44.7 Å². The number of amides is 1. The number of carbonyl (C=O) groups excluding carboxylic acids is 1. The van der Waals surface area contributed by atoms with Crippen LogP contribution < -0.4 is 5.56 Å². The standard InChI is InChI=1S/C29H38N4O3/c1-21(34)31-10-8-25(9-11-31)32-17-22-16-24(20-32)28-7-6-27(29(35)33(28)18-22)26-5-3-2-4-23(26)19-30-12-14-36-15-13-30/h2-7,22,24-25H,8-20H2,1H3/t22-,24-/m0/s1. The summed E-state index contributed by atoms with van der Waals surface area (Å²) in [6, 6.07) is 13.3. The Morgan fingerprint density at radius 2 is 1.72 bits per heavy atom. The predicted molar refractivity (Wildman–Crippen MR) is 140 cm³/mol. The van der Waals surface area contributed by atoms with Gasteiger partial charge in [-0.2, -0.15) is 0 Å². The van der Waals surface area contributed by atoms with Gasteiger partial charge in [-0.1, -0.05) is 24.3 Å². The van der Waals surface area contributed by atoms with Crippen molar-refractivity contribution < 1.29 is 9.53 Å². The molecule has 3 saturated heterocycles. The Hall–Kier alpha value is -2.48. The molecule has 1 aromatic heterocycles. The van der Waals surface area contributed by atoms with Crippen LogP contribution in [0.15, 0.2) is 41.2 Å². The second-order valence-electron chi connectivity index (χ2n) is 11.1. The van der Waals surface area contributed by atoms with Crippen LogP contribution >= 0.6 is 0 Å². The van der Waals surface area contributed by atoms with Crippen molar-refractivity contribution in [2.45, 2.75) is 51.2 Å². The summed E-state index contributed by atoms with van der Waals surface area (Å²) in [6.07, 6.45) is 3.30. The number of fused-ring (bicyclic) bond motifs is 4. The van der Waals surface area contributed by atoms with Crippen LogP contribution in [0, 0.1) is 5.92 Å². The maximum Gasteiger partial charge on any atom is 0.258 e. The summed E-state index contributed by atoms with van der Waals surface area (Å²) < 4.78 is 7.61. The zero-order valence-corrected chi connectivity index (χ0v) is 21.4. The third-order valence-corrected chi connectivity index (χ3v) is 8.86. The van der Waals surface area contributed by atoms with Gasteiger partial charge in [-0.15, -0.1) is 0 Å². The first-order valence-corrected chi connectivity index (χ1v) is 13.7. The highest BCUT2D eigenvalue weighted by molar-refractivity contribution is 5.73. The van der Waals surface area contributed by atoms with Crippen molar-refractivity contribution in [2.24, 2.45) is 5.92 Å². The molecule has 0 saturated carbocycles. The predicted octanol–water partition coefficient (Wildman–Crippen LogP) is 2.78. The Bertz CT molecular complexity index is 1160. The second kappa shape index (κ2) is 10.1. The summed E-state index contributed by atoms with van der Waals surface area (Å²) in [4.78, 5) is 32.6. The second-order valence-corrected chi connectivity index (χ2v) is 11.1. The first-order valence-electron chi connectivity index (χ1n) is 13.7. The quantitative estimate of drug-likeness (QED) is 0.660. The lowest BCUT2D eigenvalue weighted by Gasteiger charge is -2.47. The summed E-state index contributed by atoms with van der Waals surface area (Å²) >= 11 is 0. The van der Waals surface area contributed by atoms with Crippen LogP contribution in [-0.4, -0.2) is 83.7 Å². The van der Waals surface area contributed by atoms with Crippen molar-refractivity contribution in [3.63, 3.8) is 0 Å². The molecule has 36 heavy (non-hydrogen) atoms. The molecule has 1 aromatic carbocycles. The van der Waals surface area contributed by atoms with Crippen molar-refractivity contribution in [1.29, 1.82) is 0 Å². The number of piperidine rings is 2. The van der Waals surface area contributed by atoms with Crippen LogP contribution in [0.4, 0.5) is 0 Å². The van der Waals surface area contributed by atoms with Gasteiger partial charge in [0.2, 0.25) is 5.91 Å². The van der Waals surface area contributed by atoms with E-state index >= 15 is 0 Å². The lowest BCUT2D eigenvalue weighted by molar-refractivity contribution is -0.130. The number of ether oxygens (including phenoxy) is 1. The maximum absolute atomic E-state index is 13.9. The molecule has 3 fully saturated rings. The fraction of sp³-hybridized carbons (Fsp3) is 0.586. The van der Waals surface area contributed by atoms with Gasteiger partial charge in [-0.05, 0) is 48.4 Å². The van der Waals surface area contributed by atoms with Gasteiger partial charge < -0.3 is 14.2 Å². The smallest absolute Gasteiger partial charge is 0.258 e. The molecule has 2 atom stereocenters. The van der Waals surface area contributed by atoms with Crippen LogP contribution in [0.5, 0.6) is 0 Å². The van der Waals surface area contributed by atoms with Gasteiger partial charge in [0, 0.05) is 82.5 Å². The van der Waals surface area contributed by atoms with Gasteiger partial charge in [0.05, 0.1) is 13.2 Å². The van der Waals surface area contributed by atoms with Crippen LogP contribution in [0.1, 0.15) is 43.4 Å². The zero-order valence-electron chi connectivity index (χ0n) is 21.4. The normalized spacial score (nSPS) is 25.5. The lowest BCUT2D eigenvalue weighted by Crippen LogP contribution is -2.53. The fourth-order valence-corrected chi connectivity index (χ4v) is 6.95. The van der Waals surface area contributed by atoms with Gasteiger partial charge in [-0.25, -0.2) is 0 Å². The minimum Gasteiger partial charge on any atom is -0.379 e. The highest BCUT2D eigenvalue weighted by Crippen LogP contribution is 2.38. The van der Waals surface area contributed by atoms with Crippen LogP contribution in [0.2, 0.25) is 0 Å². The molecule has 7 heteroatoms. The average molecular weight is 491 g/mol. The first-order chi connectivity index (χ1) is 17.6. The van der Waals surface area contributed by atoms with Crippen LogP contribution in [-0.2, 0) is 22.6 Å². The van der Waals surface area contributed by atoms with Gasteiger partial charge >= 0.3 is 0 Å². The summed E-state index contributed by atoms with van der Waals surface area (Å²) in [5.74, 6) is 1.12. The Morgan fingerprint density at radius 1 is 0.944 bits per heavy atom. The molecule has 2 aromatic rings. The van der Waals surface area contributed by atoms with Crippen molar-refractivity contribution in [2.75, 3.05) is 52.5 Å². The number of carbonyl (C=O) groups is 1. The molecule has 1 amide bonds. The SMILES string of the molecule is CC(=O)N1CCC(N2C[C@@H]3C[C@@H](C2)c2ccc(-c4ccccc4CN4CCOCC4)c(=O)n2C3)CC1. The van der Waals surface area contributed by atoms with Crippen molar-refractivity contribution >= 4 is 5.91 Å². The van der Waals surface area contributed by atoms with Crippen LogP contribution in [0.3, 0.4) is 0 Å². The number of likely N-dealkylation sites (tertiary alicyclic amines) is 2. The summed E-state index contributed by atoms with van der Waals surface area (Å²) in [5, 5.41) is 0. The Balaban J connectivity index is 1.23. The van der Waals surface area contributed by atoms with E-state index in [0.717, 1.165) is 89.5 Å². The fourth-order valence-electron chi connectivity index (χ4n) is 6.95. The summed E-state index contributed by atoms with van der Waals surface area (Å²) in [7, 11) is 0. The molecular formula is C29H38N4O3. The van der Waals surface area contributed by atoms with E-state index in [1.807, 2.05) is 11.0 Å². The van der Waals surface area contributed by atoms with Crippen LogP contribution in [0.25, 0.3) is 11.1 Å². The molecule has 6 rings (SSSR count). The molecule has 0 spiro atoms. The topological polar surface area (TPSA) is 58.0 Å². The van der Waals surface area contributed by atoms with E-state index in [1.165, 1.54) is 17.7 Å². The number of nitrogens with zero attached hydrogens (tertiary/aromatic N) is 4. The van der Waals surface area contributed by atoms with E-state index in [4.69, 9.17) is 4.74 Å². The van der Waals surface area contributed by atoms with Gasteiger partial charge in [0.1, 0.15) is 0 Å². The molecule has 192 valence electrons. The first kappa shape index (κ1) is 23.9. The van der Waals surface area contributed by atoms with E-state index in [0.29, 0.717) is 17.9 Å². The van der Waals surface area contributed by atoms with E-state index in [1.54, 1.807) is 6.92 Å². The lowest BCUT2D eigenvalue weighted by atomic mass is 9.81. The number of hydrogen-bond donors (Lipinski definition) is 0. The summed E-state index contributed by atoms with van der Waals surface area (Å²) in [6.45, 7) is 10.6. The number of hydrogen-bond acceptors (Lipinski definition) is 5. The molecule has 0 unspecified atom stereocenters. The third kappa shape index (κ3) is 4.64. The number of aromatic nitrogens is 1. The average Bonchev–Trinajstić information content (AvgIpc) is 2.90. The minimum atomic E-state index is 0.167. The highest BCUT2D eigenvalue weighted by atomic mass is 16.5. The molecule has 4 aliphatic heterocycles. The molecule has 5 heterocycles. The number of pyridine rings is 1. The van der Waals surface area contributed by atoms with Gasteiger partial charge in [-0.3, -0.25) is 19.4 Å². The maximum atomic E-state index is 13.9. The van der Waals surface area contributed by atoms with E-state index < -0.39 is 0 Å². The monoisotopic (exact) mass is 490 g/mol. The summed E-state index contributed by atoms with van der Waals surface area (Å²) in [5.41, 5.74) is 4.49. The largest absolute Gasteiger partial charge is 0.379 e. The Morgan fingerprint density at radius 3 is 2.50 bits per heavy atom. The Kier molecular flexibility index (Phi) is 6.71. The van der Waals surface area contributed by atoms with Gasteiger partial charge in [0.15, 0.2) is 0 Å². The highest BCUT2D eigenvalue weighted by Gasteiger charge is 2.38. The van der Waals surface area contributed by atoms with E-state index in [-0.39, 0.29) is 11.5 Å². The van der Waals surface area contributed by atoms with Crippen molar-refractivity contribution in [1.82, 2.24) is 19.3 Å². The molecule has 0 radical (unpaired) electrons. The third-order valence-electron chi connectivity index (χ3n) is 8.86. The molecule has 0 aliphatic carbocycles. The number of rotatable bonds is 4.